The van der Waals surface area contributed by atoms with Crippen LogP contribution in [-0.4, -0.2) is 40.5 Å². The minimum absolute atomic E-state index is 0.377. The van der Waals surface area contributed by atoms with Gasteiger partial charge in [-0.15, -0.1) is 0 Å². The standard InChI is InChI=1S/C8H18O4S7/c9-18(10)7-3-1-5-13-15-17-16-14-6-2-4-8-19(11)12/h1-8H2,(H,9,10)(H,11,12). The van der Waals surface area contributed by atoms with E-state index in [-0.39, 0.29) is 0 Å². The molecule has 2 N–H and O–H groups in total. The van der Waals surface area contributed by atoms with E-state index in [1.165, 1.54) is 0 Å². The van der Waals surface area contributed by atoms with Gasteiger partial charge < -0.3 is 9.11 Å². The van der Waals surface area contributed by atoms with Crippen molar-refractivity contribution >= 4 is 73.2 Å². The first-order valence-corrected chi connectivity index (χ1v) is 14.6. The van der Waals surface area contributed by atoms with Crippen LogP contribution in [0.2, 0.25) is 0 Å². The Morgan fingerprint density at radius 3 is 1.47 bits per heavy atom. The molecule has 4 nitrogen and oxygen atoms in total. The summed E-state index contributed by atoms with van der Waals surface area (Å²) in [6.45, 7) is 0. The second-order valence-electron chi connectivity index (χ2n) is 3.31. The second-order valence-corrected chi connectivity index (χ2v) is 13.4. The molecule has 2 atom stereocenters. The van der Waals surface area contributed by atoms with Gasteiger partial charge in [-0.25, -0.2) is 8.42 Å². The van der Waals surface area contributed by atoms with Gasteiger partial charge in [0, 0.05) is 23.0 Å². The molecule has 2 unspecified atom stereocenters. The van der Waals surface area contributed by atoms with Gasteiger partial charge in [-0.2, -0.15) is 0 Å². The van der Waals surface area contributed by atoms with Crippen LogP contribution in [-0.2, 0) is 22.2 Å². The molecule has 0 bridgehead atoms. The maximum absolute atomic E-state index is 10.4. The van der Waals surface area contributed by atoms with Crippen LogP contribution in [0.1, 0.15) is 25.7 Å². The van der Waals surface area contributed by atoms with Gasteiger partial charge in [0.15, 0.2) is 22.2 Å². The maximum atomic E-state index is 10.4. The zero-order valence-corrected chi connectivity index (χ0v) is 15.9. The summed E-state index contributed by atoms with van der Waals surface area (Å²) in [5.41, 5.74) is 0. The molecule has 0 aliphatic carbocycles. The molecule has 0 saturated carbocycles. The molecule has 0 aromatic heterocycles. The van der Waals surface area contributed by atoms with Gasteiger partial charge in [0.25, 0.3) is 0 Å². The van der Waals surface area contributed by atoms with Crippen molar-refractivity contribution in [2.75, 3.05) is 23.0 Å². The first-order chi connectivity index (χ1) is 9.13. The quantitative estimate of drug-likeness (QED) is 0.251. The summed E-state index contributed by atoms with van der Waals surface area (Å²) in [5, 5.41) is 0. The Morgan fingerprint density at radius 1 is 0.684 bits per heavy atom. The van der Waals surface area contributed by atoms with Crippen LogP contribution in [0, 0.1) is 0 Å². The van der Waals surface area contributed by atoms with Crippen LogP contribution >= 0.6 is 51.1 Å². The molecule has 116 valence electrons. The molecule has 0 aromatic carbocycles. The monoisotopic (exact) mass is 402 g/mol. The molecular formula is C8H18O4S7. The highest BCUT2D eigenvalue weighted by Gasteiger charge is 1.98. The largest absolute Gasteiger partial charge is 0.306 e. The molecule has 0 rings (SSSR count). The predicted octanol–water partition coefficient (Wildman–Crippen LogP) is 4.32. The summed E-state index contributed by atoms with van der Waals surface area (Å²) < 4.78 is 37.9. The van der Waals surface area contributed by atoms with E-state index < -0.39 is 22.2 Å². The van der Waals surface area contributed by atoms with Crippen molar-refractivity contribution < 1.29 is 17.5 Å². The molecule has 0 fully saturated rings. The summed E-state index contributed by atoms with van der Waals surface area (Å²) in [4.78, 5) is 0. The zero-order valence-electron chi connectivity index (χ0n) is 10.2. The van der Waals surface area contributed by atoms with E-state index in [0.29, 0.717) is 11.5 Å². The van der Waals surface area contributed by atoms with Crippen molar-refractivity contribution in [2.45, 2.75) is 25.7 Å². The van der Waals surface area contributed by atoms with Crippen molar-refractivity contribution in [2.24, 2.45) is 0 Å². The third-order valence-corrected chi connectivity index (χ3v) is 11.9. The maximum Gasteiger partial charge on any atom is 0.152 e. The number of unbranched alkanes of at least 4 members (excludes halogenated alkanes) is 2. The van der Waals surface area contributed by atoms with Gasteiger partial charge in [-0.1, -0.05) is 21.6 Å². The minimum atomic E-state index is -1.65. The minimum Gasteiger partial charge on any atom is -0.306 e. The van der Waals surface area contributed by atoms with E-state index in [9.17, 15) is 8.42 Å². The fourth-order valence-electron chi connectivity index (χ4n) is 0.892. The summed E-state index contributed by atoms with van der Waals surface area (Å²) in [5.74, 6) is 2.76. The zero-order chi connectivity index (χ0) is 14.3. The van der Waals surface area contributed by atoms with Gasteiger partial charge in [0.1, 0.15) is 0 Å². The Hall–Kier alpha value is 1.97. The van der Waals surface area contributed by atoms with Crippen LogP contribution in [0.4, 0.5) is 0 Å². The van der Waals surface area contributed by atoms with E-state index in [1.807, 2.05) is 0 Å². The highest BCUT2D eigenvalue weighted by atomic mass is 33.8. The summed E-state index contributed by atoms with van der Waals surface area (Å²) in [7, 11) is 8.72. The Morgan fingerprint density at radius 2 is 1.11 bits per heavy atom. The molecular weight excluding hydrogens is 385 g/mol. The lowest BCUT2D eigenvalue weighted by atomic mass is 10.4. The van der Waals surface area contributed by atoms with Crippen molar-refractivity contribution in [3.63, 3.8) is 0 Å². The van der Waals surface area contributed by atoms with Crippen LogP contribution < -0.4 is 0 Å². The van der Waals surface area contributed by atoms with Gasteiger partial charge in [-0.05, 0) is 55.2 Å². The van der Waals surface area contributed by atoms with Crippen LogP contribution in [0.3, 0.4) is 0 Å². The van der Waals surface area contributed by atoms with Crippen LogP contribution in [0.15, 0.2) is 0 Å². The number of hydrogen-bond acceptors (Lipinski definition) is 7. The summed E-state index contributed by atoms with van der Waals surface area (Å²) >= 11 is -3.29. The van der Waals surface area contributed by atoms with Crippen LogP contribution in [0.5, 0.6) is 0 Å². The second kappa shape index (κ2) is 16.3. The highest BCUT2D eigenvalue weighted by molar-refractivity contribution is 9.35. The highest BCUT2D eigenvalue weighted by Crippen LogP contribution is 2.48. The van der Waals surface area contributed by atoms with Crippen LogP contribution in [0.25, 0.3) is 0 Å². The average molecular weight is 403 g/mol. The Balaban J connectivity index is 2.99. The average Bonchev–Trinajstić information content (AvgIpc) is 2.34. The molecule has 11 heteroatoms. The fourth-order valence-corrected chi connectivity index (χ4v) is 10.8. The SMILES string of the molecule is O=S(O)CCCCSSSSSCCCCS(=O)O. The van der Waals surface area contributed by atoms with E-state index in [0.717, 1.165) is 37.2 Å². The third-order valence-electron chi connectivity index (χ3n) is 1.75. The molecule has 0 radical (unpaired) electrons. The lowest BCUT2D eigenvalue weighted by molar-refractivity contribution is 0.560. The van der Waals surface area contributed by atoms with Gasteiger partial charge >= 0.3 is 0 Å². The van der Waals surface area contributed by atoms with Crippen molar-refractivity contribution in [1.82, 2.24) is 0 Å². The van der Waals surface area contributed by atoms with Gasteiger partial charge in [0.2, 0.25) is 0 Å². The molecule has 19 heavy (non-hydrogen) atoms. The molecule has 0 spiro atoms. The van der Waals surface area contributed by atoms with E-state index in [2.05, 4.69) is 0 Å². The smallest absolute Gasteiger partial charge is 0.152 e. The molecule has 0 saturated heterocycles. The van der Waals surface area contributed by atoms with Crippen molar-refractivity contribution in [1.29, 1.82) is 0 Å². The number of hydrogen-bond donors (Lipinski definition) is 2. The first-order valence-electron chi connectivity index (χ1n) is 5.52. The topological polar surface area (TPSA) is 74.6 Å². The lowest BCUT2D eigenvalue weighted by Crippen LogP contribution is -1.94. The Labute approximate surface area is 138 Å². The first kappa shape index (κ1) is 21.0. The van der Waals surface area contributed by atoms with Crippen molar-refractivity contribution in [3.8, 4) is 0 Å². The van der Waals surface area contributed by atoms with E-state index >= 15 is 0 Å². The number of rotatable bonds is 14. The normalized spacial score (nSPS) is 14.4. The molecule has 0 aromatic rings. The van der Waals surface area contributed by atoms with E-state index in [4.69, 9.17) is 9.11 Å². The molecule has 0 heterocycles. The summed E-state index contributed by atoms with van der Waals surface area (Å²) in [6.07, 6.45) is 3.55. The Bertz CT molecular complexity index is 229. The summed E-state index contributed by atoms with van der Waals surface area (Å²) in [6, 6.07) is 0. The van der Waals surface area contributed by atoms with Gasteiger partial charge in [0.05, 0.1) is 0 Å². The fraction of sp³-hybridized carbons (Fsp3) is 1.00. The predicted molar refractivity (Wildman–Crippen MR) is 97.4 cm³/mol. The molecule has 0 aliphatic heterocycles. The molecule has 0 aliphatic rings. The lowest BCUT2D eigenvalue weighted by Gasteiger charge is -2.00. The van der Waals surface area contributed by atoms with E-state index in [1.54, 1.807) is 51.1 Å². The van der Waals surface area contributed by atoms with Gasteiger partial charge in [-0.3, -0.25) is 0 Å². The van der Waals surface area contributed by atoms with Crippen molar-refractivity contribution in [3.05, 3.63) is 0 Å². The Kier molecular flexibility index (Phi) is 18.0. The third kappa shape index (κ3) is 20.0. The molecule has 0 amide bonds.